The second-order valence-corrected chi connectivity index (χ2v) is 7.32. The molecule has 0 amide bonds. The molecule has 0 heterocycles. The van der Waals surface area contributed by atoms with Crippen LogP contribution in [-0.2, 0) is 10.0 Å². The summed E-state index contributed by atoms with van der Waals surface area (Å²) in [6.45, 7) is 0. The quantitative estimate of drug-likeness (QED) is 0.767. The standard InChI is InChI=1S/C12H9BrCl2N2O2S/c13-7-1-4-11(10(16)5-7)17-20(18,19)12-6-8(14)2-3-9(12)15/h1-6,17H,16H2. The van der Waals surface area contributed by atoms with E-state index in [1.54, 1.807) is 18.2 Å². The zero-order valence-electron chi connectivity index (χ0n) is 9.90. The molecule has 0 spiro atoms. The van der Waals surface area contributed by atoms with Crippen LogP contribution in [0.15, 0.2) is 45.8 Å². The zero-order valence-corrected chi connectivity index (χ0v) is 13.8. The SMILES string of the molecule is Nc1cc(Br)ccc1NS(=O)(=O)c1cc(Cl)ccc1Cl. The van der Waals surface area contributed by atoms with Gasteiger partial charge in [0.1, 0.15) is 4.90 Å². The molecule has 3 N–H and O–H groups in total. The van der Waals surface area contributed by atoms with Crippen LogP contribution in [0.25, 0.3) is 0 Å². The lowest BCUT2D eigenvalue weighted by molar-refractivity contribution is 0.601. The molecule has 0 atom stereocenters. The number of rotatable bonds is 3. The summed E-state index contributed by atoms with van der Waals surface area (Å²) in [6, 6.07) is 9.03. The molecule has 2 rings (SSSR count). The zero-order chi connectivity index (χ0) is 14.9. The van der Waals surface area contributed by atoms with Gasteiger partial charge in [-0.25, -0.2) is 8.42 Å². The second kappa shape index (κ2) is 5.81. The van der Waals surface area contributed by atoms with Gasteiger partial charge in [-0.2, -0.15) is 0 Å². The fourth-order valence-corrected chi connectivity index (χ4v) is 3.74. The van der Waals surface area contributed by atoms with Gasteiger partial charge in [0.2, 0.25) is 0 Å². The number of nitrogens with two attached hydrogens (primary N) is 1. The number of sulfonamides is 1. The Morgan fingerprint density at radius 1 is 1.10 bits per heavy atom. The average Bonchev–Trinajstić information content (AvgIpc) is 2.35. The van der Waals surface area contributed by atoms with Gasteiger partial charge in [-0.05, 0) is 36.4 Å². The predicted octanol–water partition coefficient (Wildman–Crippen LogP) is 4.14. The monoisotopic (exact) mass is 394 g/mol. The molecular formula is C12H9BrCl2N2O2S. The summed E-state index contributed by atoms with van der Waals surface area (Å²) in [5.41, 5.74) is 6.32. The van der Waals surface area contributed by atoms with Crippen molar-refractivity contribution in [2.75, 3.05) is 10.5 Å². The Bertz CT molecular complexity index is 766. The van der Waals surface area contributed by atoms with Crippen LogP contribution in [0, 0.1) is 0 Å². The number of nitrogen functional groups attached to an aromatic ring is 1. The summed E-state index contributed by atoms with van der Waals surface area (Å²) in [5.74, 6) is 0. The van der Waals surface area contributed by atoms with E-state index in [0.29, 0.717) is 5.69 Å². The minimum Gasteiger partial charge on any atom is -0.397 e. The van der Waals surface area contributed by atoms with Crippen LogP contribution in [-0.4, -0.2) is 8.42 Å². The number of nitrogens with one attached hydrogen (secondary N) is 1. The number of benzene rings is 2. The lowest BCUT2D eigenvalue weighted by Crippen LogP contribution is -2.14. The Labute approximate surface area is 135 Å². The summed E-state index contributed by atoms with van der Waals surface area (Å²) in [6.07, 6.45) is 0. The maximum Gasteiger partial charge on any atom is 0.263 e. The normalized spacial score (nSPS) is 11.3. The van der Waals surface area contributed by atoms with E-state index < -0.39 is 10.0 Å². The van der Waals surface area contributed by atoms with Gasteiger partial charge >= 0.3 is 0 Å². The molecule has 20 heavy (non-hydrogen) atoms. The first-order chi connectivity index (χ1) is 9.29. The van der Waals surface area contributed by atoms with E-state index in [4.69, 9.17) is 28.9 Å². The lowest BCUT2D eigenvalue weighted by atomic mass is 10.3. The fourth-order valence-electron chi connectivity index (χ4n) is 1.51. The third-order valence-corrected chi connectivity index (χ3v) is 5.02. The highest BCUT2D eigenvalue weighted by Crippen LogP contribution is 2.29. The van der Waals surface area contributed by atoms with Gasteiger partial charge < -0.3 is 5.73 Å². The molecule has 0 bridgehead atoms. The van der Waals surface area contributed by atoms with E-state index in [0.717, 1.165) is 4.47 Å². The van der Waals surface area contributed by atoms with Gasteiger partial charge in [0.15, 0.2) is 0 Å². The third kappa shape index (κ3) is 3.38. The summed E-state index contributed by atoms with van der Waals surface area (Å²) in [7, 11) is -3.86. The van der Waals surface area contributed by atoms with Crippen molar-refractivity contribution in [2.45, 2.75) is 4.90 Å². The first-order valence-corrected chi connectivity index (χ1v) is 8.36. The van der Waals surface area contributed by atoms with Crippen molar-refractivity contribution in [3.8, 4) is 0 Å². The molecule has 0 fully saturated rings. The van der Waals surface area contributed by atoms with Crippen LogP contribution < -0.4 is 10.5 Å². The average molecular weight is 396 g/mol. The summed E-state index contributed by atoms with van der Waals surface area (Å²) in [5, 5.41) is 0.358. The fraction of sp³-hybridized carbons (Fsp3) is 0. The molecule has 0 radical (unpaired) electrons. The van der Waals surface area contributed by atoms with Crippen molar-refractivity contribution in [3.05, 3.63) is 50.9 Å². The highest BCUT2D eigenvalue weighted by molar-refractivity contribution is 9.10. The molecule has 0 aliphatic rings. The van der Waals surface area contributed by atoms with Gasteiger partial charge in [0, 0.05) is 9.50 Å². The van der Waals surface area contributed by atoms with E-state index in [-0.39, 0.29) is 20.6 Å². The smallest absolute Gasteiger partial charge is 0.263 e. The van der Waals surface area contributed by atoms with Gasteiger partial charge in [-0.1, -0.05) is 39.1 Å². The number of anilines is 2. The van der Waals surface area contributed by atoms with E-state index in [1.165, 1.54) is 18.2 Å². The van der Waals surface area contributed by atoms with E-state index >= 15 is 0 Å². The van der Waals surface area contributed by atoms with Crippen molar-refractivity contribution in [2.24, 2.45) is 0 Å². The number of halogens is 3. The first kappa shape index (κ1) is 15.4. The molecule has 4 nitrogen and oxygen atoms in total. The summed E-state index contributed by atoms with van der Waals surface area (Å²) in [4.78, 5) is -0.103. The van der Waals surface area contributed by atoms with Crippen molar-refractivity contribution in [1.82, 2.24) is 0 Å². The molecule has 0 saturated carbocycles. The molecule has 8 heteroatoms. The largest absolute Gasteiger partial charge is 0.397 e. The Morgan fingerprint density at radius 2 is 1.80 bits per heavy atom. The maximum absolute atomic E-state index is 12.3. The molecule has 2 aromatic carbocycles. The van der Waals surface area contributed by atoms with Gasteiger partial charge in [-0.3, -0.25) is 4.72 Å². The maximum atomic E-state index is 12.3. The Morgan fingerprint density at radius 3 is 2.45 bits per heavy atom. The highest BCUT2D eigenvalue weighted by Gasteiger charge is 2.19. The molecule has 2 aromatic rings. The first-order valence-electron chi connectivity index (χ1n) is 5.32. The van der Waals surface area contributed by atoms with Gasteiger partial charge in [-0.15, -0.1) is 0 Å². The van der Waals surface area contributed by atoms with Crippen LogP contribution in [0.4, 0.5) is 11.4 Å². The Kier molecular flexibility index (Phi) is 4.49. The number of hydrogen-bond acceptors (Lipinski definition) is 3. The second-order valence-electron chi connectivity index (χ2n) is 3.91. The Balaban J connectivity index is 2.43. The number of hydrogen-bond donors (Lipinski definition) is 2. The molecule has 106 valence electrons. The topological polar surface area (TPSA) is 72.2 Å². The predicted molar refractivity (Wildman–Crippen MR) is 85.8 cm³/mol. The van der Waals surface area contributed by atoms with Crippen molar-refractivity contribution in [3.63, 3.8) is 0 Å². The Hall–Kier alpha value is -0.950. The van der Waals surface area contributed by atoms with Crippen molar-refractivity contribution in [1.29, 1.82) is 0 Å². The summed E-state index contributed by atoms with van der Waals surface area (Å²) < 4.78 is 27.7. The van der Waals surface area contributed by atoms with Crippen LogP contribution in [0.1, 0.15) is 0 Å². The minimum absolute atomic E-state index is 0.0811. The molecular weight excluding hydrogens is 387 g/mol. The lowest BCUT2D eigenvalue weighted by Gasteiger charge is -2.12. The molecule has 0 unspecified atom stereocenters. The van der Waals surface area contributed by atoms with Crippen LogP contribution in [0.3, 0.4) is 0 Å². The van der Waals surface area contributed by atoms with E-state index in [1.807, 2.05) is 0 Å². The van der Waals surface area contributed by atoms with E-state index in [2.05, 4.69) is 20.7 Å². The molecule has 0 aromatic heterocycles. The van der Waals surface area contributed by atoms with Crippen molar-refractivity contribution >= 4 is 60.5 Å². The molecule has 0 aliphatic carbocycles. The summed E-state index contributed by atoms with van der Waals surface area (Å²) >= 11 is 14.9. The van der Waals surface area contributed by atoms with Crippen LogP contribution >= 0.6 is 39.1 Å². The van der Waals surface area contributed by atoms with Crippen LogP contribution in [0.2, 0.25) is 10.0 Å². The molecule has 0 saturated heterocycles. The minimum atomic E-state index is -3.86. The van der Waals surface area contributed by atoms with Gasteiger partial charge in [0.25, 0.3) is 10.0 Å². The van der Waals surface area contributed by atoms with Gasteiger partial charge in [0.05, 0.1) is 16.4 Å². The molecule has 0 aliphatic heterocycles. The van der Waals surface area contributed by atoms with Crippen molar-refractivity contribution < 1.29 is 8.42 Å². The van der Waals surface area contributed by atoms with Crippen LogP contribution in [0.5, 0.6) is 0 Å². The van der Waals surface area contributed by atoms with E-state index in [9.17, 15) is 8.42 Å². The third-order valence-electron chi connectivity index (χ3n) is 2.44. The highest BCUT2D eigenvalue weighted by atomic mass is 79.9.